The van der Waals surface area contributed by atoms with Gasteiger partial charge in [0.25, 0.3) is 0 Å². The first-order valence-corrected chi connectivity index (χ1v) is 8.76. The van der Waals surface area contributed by atoms with E-state index in [2.05, 4.69) is 6.08 Å². The van der Waals surface area contributed by atoms with Gasteiger partial charge in [-0.05, 0) is 74.1 Å². The van der Waals surface area contributed by atoms with E-state index in [4.69, 9.17) is 14.6 Å². The number of ether oxygens (including phenoxy) is 2. The Morgan fingerprint density at radius 1 is 1.04 bits per heavy atom. The molecule has 1 N–H and O–H groups in total. The average Bonchev–Trinajstić information content (AvgIpc) is 2.60. The van der Waals surface area contributed by atoms with Crippen molar-refractivity contribution < 1.29 is 24.2 Å². The number of carbonyl (C=O) groups is 2. The van der Waals surface area contributed by atoms with Crippen LogP contribution in [0.15, 0.2) is 41.5 Å². The van der Waals surface area contributed by atoms with Crippen molar-refractivity contribution in [2.45, 2.75) is 40.5 Å². The second-order valence-electron chi connectivity index (χ2n) is 6.56. The zero-order valence-corrected chi connectivity index (χ0v) is 16.7. The van der Waals surface area contributed by atoms with Gasteiger partial charge >= 0.3 is 11.9 Å². The van der Waals surface area contributed by atoms with E-state index in [-0.39, 0.29) is 12.6 Å². The molecule has 0 radical (unpaired) electrons. The molecular weight excluding hydrogens is 344 g/mol. The highest BCUT2D eigenvalue weighted by Gasteiger charge is 2.10. The molecule has 0 aliphatic heterocycles. The molecule has 1 aromatic rings. The highest BCUT2D eigenvalue weighted by Crippen LogP contribution is 2.29. The third-order valence-corrected chi connectivity index (χ3v) is 3.79. The summed E-state index contributed by atoms with van der Waals surface area (Å²) in [5.74, 6) is -0.517. The van der Waals surface area contributed by atoms with Gasteiger partial charge < -0.3 is 14.6 Å². The van der Waals surface area contributed by atoms with Crippen molar-refractivity contribution in [1.82, 2.24) is 0 Å². The molecule has 27 heavy (non-hydrogen) atoms. The van der Waals surface area contributed by atoms with Crippen molar-refractivity contribution in [3.63, 3.8) is 0 Å². The van der Waals surface area contributed by atoms with E-state index >= 15 is 0 Å². The summed E-state index contributed by atoms with van der Waals surface area (Å²) in [6, 6.07) is 3.86. The fourth-order valence-corrected chi connectivity index (χ4v) is 2.48. The van der Waals surface area contributed by atoms with Crippen LogP contribution in [0.2, 0.25) is 0 Å². The summed E-state index contributed by atoms with van der Waals surface area (Å²) < 4.78 is 10.6. The summed E-state index contributed by atoms with van der Waals surface area (Å²) in [6.45, 7) is 7.59. The van der Waals surface area contributed by atoms with Crippen molar-refractivity contribution in [2.75, 3.05) is 13.7 Å². The van der Waals surface area contributed by atoms with Gasteiger partial charge in [0.05, 0.1) is 7.11 Å². The van der Waals surface area contributed by atoms with Gasteiger partial charge in [-0.1, -0.05) is 17.7 Å². The molecule has 0 saturated carbocycles. The zero-order valence-electron chi connectivity index (χ0n) is 16.7. The lowest BCUT2D eigenvalue weighted by molar-refractivity contribution is -0.140. The van der Waals surface area contributed by atoms with Gasteiger partial charge in [0, 0.05) is 13.0 Å². The highest BCUT2D eigenvalue weighted by molar-refractivity contribution is 5.85. The number of carboxylic acid groups (broad SMARTS) is 1. The maximum absolute atomic E-state index is 10.9. The molecule has 0 atom stereocenters. The molecule has 0 fully saturated rings. The Bertz CT molecular complexity index is 765. The van der Waals surface area contributed by atoms with Crippen molar-refractivity contribution in [3.05, 3.63) is 58.2 Å². The third kappa shape index (κ3) is 8.40. The van der Waals surface area contributed by atoms with Crippen molar-refractivity contribution in [2.24, 2.45) is 0 Å². The monoisotopic (exact) mass is 372 g/mol. The molecule has 0 saturated heterocycles. The van der Waals surface area contributed by atoms with Crippen molar-refractivity contribution >= 4 is 18.0 Å². The van der Waals surface area contributed by atoms with Gasteiger partial charge in [-0.2, -0.15) is 0 Å². The van der Waals surface area contributed by atoms with Crippen LogP contribution in [0, 0.1) is 0 Å². The number of methoxy groups -OCH3 is 1. The number of hydrogen-bond donors (Lipinski definition) is 1. The molecular formula is C22H28O5. The highest BCUT2D eigenvalue weighted by atomic mass is 16.5. The fraction of sp³-hybridized carbons (Fsp3) is 0.364. The predicted octanol–water partition coefficient (Wildman–Crippen LogP) is 4.35. The number of rotatable bonds is 9. The Kier molecular flexibility index (Phi) is 9.06. The molecule has 0 aliphatic carbocycles. The molecule has 0 spiro atoms. The second kappa shape index (κ2) is 11.0. The van der Waals surface area contributed by atoms with Crippen molar-refractivity contribution in [1.29, 1.82) is 0 Å². The van der Waals surface area contributed by atoms with Crippen LogP contribution in [0.25, 0.3) is 6.08 Å². The number of allylic oxidation sites excluding steroid dienone is 3. The van der Waals surface area contributed by atoms with Crippen LogP contribution >= 0.6 is 0 Å². The lowest BCUT2D eigenvalue weighted by atomic mass is 9.98. The first-order valence-electron chi connectivity index (χ1n) is 8.76. The minimum atomic E-state index is -0.990. The normalized spacial score (nSPS) is 11.4. The largest absolute Gasteiger partial charge is 0.496 e. The molecule has 0 bridgehead atoms. The number of aliphatic carboxylic acids is 1. The Morgan fingerprint density at radius 3 is 2.11 bits per heavy atom. The van der Waals surface area contributed by atoms with E-state index in [1.807, 2.05) is 39.0 Å². The van der Waals surface area contributed by atoms with Crippen LogP contribution in [0.3, 0.4) is 0 Å². The molecule has 0 aliphatic rings. The number of hydrogen-bond acceptors (Lipinski definition) is 4. The summed E-state index contributed by atoms with van der Waals surface area (Å²) in [6.07, 6.45) is 8.07. The van der Waals surface area contributed by atoms with Crippen molar-refractivity contribution in [3.8, 4) is 5.75 Å². The van der Waals surface area contributed by atoms with Crippen LogP contribution in [-0.4, -0.2) is 30.8 Å². The Labute approximate surface area is 161 Å². The van der Waals surface area contributed by atoms with Gasteiger partial charge in [0.15, 0.2) is 0 Å². The average molecular weight is 372 g/mol. The van der Waals surface area contributed by atoms with Crippen LogP contribution in [-0.2, 0) is 27.2 Å². The molecule has 0 heterocycles. The standard InChI is InChI=1S/C22H28O5/c1-15(2)6-9-19-12-18(8-11-21(24)25)13-20(22(19)26-5)10-7-16(3)14-27-17(4)23/h6-8,11-13H,9-10,14H2,1-5H3,(H,24,25)/b11-8+,16-7+. The summed E-state index contributed by atoms with van der Waals surface area (Å²) in [5, 5.41) is 8.90. The molecule has 5 nitrogen and oxygen atoms in total. The smallest absolute Gasteiger partial charge is 0.328 e. The van der Waals surface area contributed by atoms with E-state index in [1.54, 1.807) is 13.2 Å². The van der Waals surface area contributed by atoms with E-state index < -0.39 is 5.97 Å². The zero-order chi connectivity index (χ0) is 20.4. The first kappa shape index (κ1) is 22.2. The molecule has 0 unspecified atom stereocenters. The van der Waals surface area contributed by atoms with E-state index in [0.717, 1.165) is 34.1 Å². The molecule has 0 amide bonds. The maximum Gasteiger partial charge on any atom is 0.328 e. The molecule has 5 heteroatoms. The first-order chi connectivity index (χ1) is 12.7. The fourth-order valence-electron chi connectivity index (χ4n) is 2.48. The number of benzene rings is 1. The minimum absolute atomic E-state index is 0.251. The van der Waals surface area contributed by atoms with Gasteiger partial charge in [0.1, 0.15) is 12.4 Å². The van der Waals surface area contributed by atoms with Gasteiger partial charge in [-0.3, -0.25) is 4.79 Å². The number of carbonyl (C=O) groups excluding carboxylic acids is 1. The number of esters is 1. The van der Waals surface area contributed by atoms with E-state index in [0.29, 0.717) is 12.8 Å². The lowest BCUT2D eigenvalue weighted by Crippen LogP contribution is -2.02. The van der Waals surface area contributed by atoms with Gasteiger partial charge in [0.2, 0.25) is 0 Å². The van der Waals surface area contributed by atoms with Crippen LogP contribution in [0.4, 0.5) is 0 Å². The third-order valence-electron chi connectivity index (χ3n) is 3.79. The molecule has 1 aromatic carbocycles. The van der Waals surface area contributed by atoms with Gasteiger partial charge in [-0.25, -0.2) is 4.79 Å². The quantitative estimate of drug-likeness (QED) is 0.396. The van der Waals surface area contributed by atoms with Crippen LogP contribution in [0.1, 0.15) is 44.4 Å². The predicted molar refractivity (Wildman–Crippen MR) is 107 cm³/mol. The SMILES string of the molecule is COc1c(CC=C(C)C)cc(/C=C/C(=O)O)cc1C/C=C(\C)COC(C)=O. The Balaban J connectivity index is 3.24. The van der Waals surface area contributed by atoms with E-state index in [9.17, 15) is 9.59 Å². The van der Waals surface area contributed by atoms with Crippen LogP contribution < -0.4 is 4.74 Å². The van der Waals surface area contributed by atoms with Gasteiger partial charge in [-0.15, -0.1) is 0 Å². The number of carboxylic acids is 1. The summed E-state index contributed by atoms with van der Waals surface area (Å²) in [4.78, 5) is 21.8. The minimum Gasteiger partial charge on any atom is -0.496 e. The molecule has 146 valence electrons. The van der Waals surface area contributed by atoms with E-state index in [1.165, 1.54) is 12.5 Å². The van der Waals surface area contributed by atoms with Crippen LogP contribution in [0.5, 0.6) is 5.75 Å². The topological polar surface area (TPSA) is 72.8 Å². The Morgan fingerprint density at radius 2 is 1.63 bits per heavy atom. The lowest BCUT2D eigenvalue weighted by Gasteiger charge is -2.14. The Hall–Kier alpha value is -2.82. The second-order valence-corrected chi connectivity index (χ2v) is 6.56. The summed E-state index contributed by atoms with van der Waals surface area (Å²) in [7, 11) is 1.63. The molecule has 1 rings (SSSR count). The summed E-state index contributed by atoms with van der Waals surface area (Å²) >= 11 is 0. The molecule has 0 aromatic heterocycles. The maximum atomic E-state index is 10.9. The summed E-state index contributed by atoms with van der Waals surface area (Å²) in [5.41, 5.74) is 4.87.